The maximum atomic E-state index is 10.5. The second-order valence-electron chi connectivity index (χ2n) is 2.57. The second kappa shape index (κ2) is 5.48. The molecule has 1 heterocycles. The average molecular weight is 204 g/mol. The molecule has 0 aromatic rings. The molecular weight excluding hydrogens is 194 g/mol. The molecule has 5 heteroatoms. The summed E-state index contributed by atoms with van der Waals surface area (Å²) in [4.78, 5) is 24.3. The first-order chi connectivity index (χ1) is 5.68. The molecule has 0 radical (unpaired) electrons. The highest BCUT2D eigenvalue weighted by atomic mass is 35.5. The largest absolute Gasteiger partial charge is 0.481 e. The topological polar surface area (TPSA) is 66.7 Å². The minimum Gasteiger partial charge on any atom is -0.481 e. The van der Waals surface area contributed by atoms with E-state index in [4.69, 9.17) is 5.11 Å². The Balaban J connectivity index is 0.00000144. The van der Waals surface area contributed by atoms with Crippen LogP contribution in [0.3, 0.4) is 0 Å². The van der Waals surface area contributed by atoms with Crippen molar-refractivity contribution in [3.63, 3.8) is 0 Å². The third kappa shape index (κ3) is 4.42. The molecule has 72 valence electrons. The van der Waals surface area contributed by atoms with Gasteiger partial charge in [0, 0.05) is 24.6 Å². The second-order valence-corrected chi connectivity index (χ2v) is 2.57. The fraction of sp³-hybridized carbons (Fsp3) is 0.375. The summed E-state index contributed by atoms with van der Waals surface area (Å²) in [7, 11) is 0. The summed E-state index contributed by atoms with van der Waals surface area (Å²) in [6.45, 7) is 0. The maximum Gasteiger partial charge on any atom is 0.303 e. The van der Waals surface area contributed by atoms with Crippen molar-refractivity contribution in [3.05, 3.63) is 12.2 Å². The standard InChI is InChI=1S/C8H9NO3.ClH/c10-7-3-1-6(5-9-7)2-4-8(11)12;/h1,3,5-6H,2,4H2,(H,11,12);1H. The molecular formula is C8H10ClNO3. The van der Waals surface area contributed by atoms with Crippen LogP contribution in [0.4, 0.5) is 0 Å². The molecule has 4 nitrogen and oxygen atoms in total. The van der Waals surface area contributed by atoms with Gasteiger partial charge in [-0.3, -0.25) is 9.59 Å². The summed E-state index contributed by atoms with van der Waals surface area (Å²) >= 11 is 0. The zero-order chi connectivity index (χ0) is 8.97. The molecule has 1 N–H and O–H groups in total. The Morgan fingerprint density at radius 3 is 2.77 bits per heavy atom. The number of carboxylic acids is 1. The van der Waals surface area contributed by atoms with Crippen molar-refractivity contribution < 1.29 is 14.7 Å². The van der Waals surface area contributed by atoms with Crippen molar-refractivity contribution in [2.24, 2.45) is 10.9 Å². The molecule has 0 spiro atoms. The lowest BCUT2D eigenvalue weighted by Gasteiger charge is -2.06. The first kappa shape index (κ1) is 11.8. The number of halogens is 1. The monoisotopic (exact) mass is 203 g/mol. The number of dihydropyridines is 1. The van der Waals surface area contributed by atoms with Crippen molar-refractivity contribution in [2.75, 3.05) is 0 Å². The number of hydrogen-bond donors (Lipinski definition) is 1. The third-order valence-electron chi connectivity index (χ3n) is 1.57. The van der Waals surface area contributed by atoms with Gasteiger partial charge in [0.15, 0.2) is 0 Å². The van der Waals surface area contributed by atoms with Crippen LogP contribution in [0.2, 0.25) is 0 Å². The van der Waals surface area contributed by atoms with Crippen LogP contribution in [0.25, 0.3) is 0 Å². The summed E-state index contributed by atoms with van der Waals surface area (Å²) in [5, 5.41) is 8.36. The van der Waals surface area contributed by atoms with Crippen molar-refractivity contribution in [2.45, 2.75) is 12.8 Å². The SMILES string of the molecule is Cl.O=C(O)CCC1C=CC(=O)N=C1. The predicted octanol–water partition coefficient (Wildman–Crippen LogP) is 1.06. The average Bonchev–Trinajstić information content (AvgIpc) is 2.03. The number of rotatable bonds is 3. The molecule has 1 aliphatic heterocycles. The molecule has 0 saturated carbocycles. The van der Waals surface area contributed by atoms with E-state index in [-0.39, 0.29) is 30.7 Å². The van der Waals surface area contributed by atoms with Crippen LogP contribution >= 0.6 is 12.4 Å². The Morgan fingerprint density at radius 2 is 2.31 bits per heavy atom. The molecule has 0 bridgehead atoms. The fourth-order valence-corrected chi connectivity index (χ4v) is 0.929. The highest BCUT2D eigenvalue weighted by molar-refractivity contribution is 5.96. The van der Waals surface area contributed by atoms with E-state index in [0.29, 0.717) is 6.42 Å². The molecule has 0 fully saturated rings. The molecule has 0 aliphatic carbocycles. The molecule has 1 amide bonds. The smallest absolute Gasteiger partial charge is 0.303 e. The molecule has 1 aliphatic rings. The predicted molar refractivity (Wildman–Crippen MR) is 50.2 cm³/mol. The van der Waals surface area contributed by atoms with E-state index in [1.54, 1.807) is 6.08 Å². The number of hydrogen-bond acceptors (Lipinski definition) is 2. The summed E-state index contributed by atoms with van der Waals surface area (Å²) in [6.07, 6.45) is 5.15. The fourth-order valence-electron chi connectivity index (χ4n) is 0.929. The van der Waals surface area contributed by atoms with Crippen LogP contribution in [0.1, 0.15) is 12.8 Å². The Labute approximate surface area is 81.8 Å². The Kier molecular flexibility index (Phi) is 4.99. The van der Waals surface area contributed by atoms with Gasteiger partial charge in [-0.15, -0.1) is 12.4 Å². The lowest BCUT2D eigenvalue weighted by Crippen LogP contribution is -2.08. The number of carbonyl (C=O) groups is 2. The van der Waals surface area contributed by atoms with Crippen LogP contribution in [-0.2, 0) is 9.59 Å². The number of carbonyl (C=O) groups excluding carboxylic acids is 1. The van der Waals surface area contributed by atoms with Crippen LogP contribution in [-0.4, -0.2) is 23.2 Å². The van der Waals surface area contributed by atoms with Gasteiger partial charge in [-0.2, -0.15) is 0 Å². The third-order valence-corrected chi connectivity index (χ3v) is 1.57. The van der Waals surface area contributed by atoms with Gasteiger partial charge in [-0.25, -0.2) is 4.99 Å². The number of allylic oxidation sites excluding steroid dienone is 1. The van der Waals surface area contributed by atoms with E-state index in [1.807, 2.05) is 0 Å². The molecule has 1 atom stereocenters. The number of aliphatic imine (C=N–C) groups is 1. The van der Waals surface area contributed by atoms with E-state index >= 15 is 0 Å². The van der Waals surface area contributed by atoms with Gasteiger partial charge in [0.05, 0.1) is 0 Å². The van der Waals surface area contributed by atoms with Gasteiger partial charge in [0.1, 0.15) is 0 Å². The number of amides is 1. The van der Waals surface area contributed by atoms with Crippen LogP contribution in [0.15, 0.2) is 17.1 Å². The van der Waals surface area contributed by atoms with Gasteiger partial charge in [0.25, 0.3) is 5.91 Å². The highest BCUT2D eigenvalue weighted by Crippen LogP contribution is 2.09. The lowest BCUT2D eigenvalue weighted by atomic mass is 10.0. The normalized spacial score (nSPS) is 19.7. The van der Waals surface area contributed by atoms with Crippen molar-refractivity contribution >= 4 is 30.5 Å². The van der Waals surface area contributed by atoms with E-state index < -0.39 is 5.97 Å². The molecule has 0 aromatic carbocycles. The first-order valence-corrected chi connectivity index (χ1v) is 3.66. The molecule has 0 aromatic heterocycles. The van der Waals surface area contributed by atoms with Crippen molar-refractivity contribution in [1.29, 1.82) is 0 Å². The summed E-state index contributed by atoms with van der Waals surface area (Å²) in [6, 6.07) is 0. The quantitative estimate of drug-likeness (QED) is 0.746. The molecule has 0 saturated heterocycles. The van der Waals surface area contributed by atoms with E-state index in [2.05, 4.69) is 4.99 Å². The first-order valence-electron chi connectivity index (χ1n) is 3.66. The van der Waals surface area contributed by atoms with Crippen LogP contribution < -0.4 is 0 Å². The van der Waals surface area contributed by atoms with Crippen LogP contribution in [0, 0.1) is 5.92 Å². The molecule has 13 heavy (non-hydrogen) atoms. The van der Waals surface area contributed by atoms with E-state index in [1.165, 1.54) is 12.3 Å². The molecule has 1 rings (SSSR count). The summed E-state index contributed by atoms with van der Waals surface area (Å²) in [5.74, 6) is -1.10. The van der Waals surface area contributed by atoms with E-state index in [9.17, 15) is 9.59 Å². The Morgan fingerprint density at radius 1 is 1.62 bits per heavy atom. The van der Waals surface area contributed by atoms with Gasteiger partial charge >= 0.3 is 5.97 Å². The number of carboxylic acid groups (broad SMARTS) is 1. The minimum absolute atomic E-state index is 0. The Bertz CT molecular complexity index is 244. The summed E-state index contributed by atoms with van der Waals surface area (Å²) < 4.78 is 0. The van der Waals surface area contributed by atoms with Gasteiger partial charge in [-0.05, 0) is 6.42 Å². The Hall–Kier alpha value is -1.16. The van der Waals surface area contributed by atoms with E-state index in [0.717, 1.165) is 0 Å². The number of aliphatic carboxylic acids is 1. The van der Waals surface area contributed by atoms with Crippen molar-refractivity contribution in [1.82, 2.24) is 0 Å². The summed E-state index contributed by atoms with van der Waals surface area (Å²) in [5.41, 5.74) is 0. The minimum atomic E-state index is -0.825. The van der Waals surface area contributed by atoms with Gasteiger partial charge < -0.3 is 5.11 Å². The number of nitrogens with zero attached hydrogens (tertiary/aromatic N) is 1. The molecule has 1 unspecified atom stereocenters. The highest BCUT2D eigenvalue weighted by Gasteiger charge is 2.09. The lowest BCUT2D eigenvalue weighted by molar-refractivity contribution is -0.137. The zero-order valence-electron chi connectivity index (χ0n) is 6.84. The zero-order valence-corrected chi connectivity index (χ0v) is 7.66. The van der Waals surface area contributed by atoms with Crippen LogP contribution in [0.5, 0.6) is 0 Å². The van der Waals surface area contributed by atoms with Crippen molar-refractivity contribution in [3.8, 4) is 0 Å². The van der Waals surface area contributed by atoms with Gasteiger partial charge in [-0.1, -0.05) is 6.08 Å². The maximum absolute atomic E-state index is 10.5. The van der Waals surface area contributed by atoms with Gasteiger partial charge in [0.2, 0.25) is 0 Å².